The van der Waals surface area contributed by atoms with Crippen molar-refractivity contribution >= 4 is 23.2 Å². The molecule has 0 atom stereocenters. The third-order valence-corrected chi connectivity index (χ3v) is 4.13. The zero-order valence-corrected chi connectivity index (χ0v) is 15.7. The second kappa shape index (κ2) is 8.05. The van der Waals surface area contributed by atoms with E-state index in [1.165, 1.54) is 10.6 Å². The molecule has 3 rings (SSSR count). The first-order chi connectivity index (χ1) is 13.0. The molecule has 0 aliphatic carbocycles. The number of benzene rings is 2. The number of anilines is 1. The van der Waals surface area contributed by atoms with E-state index in [1.54, 1.807) is 62.6 Å². The molecule has 0 aliphatic rings. The normalized spacial score (nSPS) is 10.5. The van der Waals surface area contributed by atoms with E-state index >= 15 is 0 Å². The van der Waals surface area contributed by atoms with Crippen molar-refractivity contribution in [1.29, 1.82) is 0 Å². The van der Waals surface area contributed by atoms with Crippen LogP contribution in [0.3, 0.4) is 0 Å². The SMILES string of the molecule is COc1ccc(NC(=O)Cn2c(-c3cccc(Cl)c3)nc(C)cc2=O)cc1. The molecular formula is C20H18ClN3O3. The maximum Gasteiger partial charge on any atom is 0.254 e. The average molecular weight is 384 g/mol. The van der Waals surface area contributed by atoms with Crippen LogP contribution in [0.15, 0.2) is 59.4 Å². The van der Waals surface area contributed by atoms with Crippen molar-refractivity contribution in [3.8, 4) is 17.1 Å². The number of halogens is 1. The van der Waals surface area contributed by atoms with Gasteiger partial charge >= 0.3 is 0 Å². The summed E-state index contributed by atoms with van der Waals surface area (Å²) in [5.74, 6) is 0.749. The molecule has 0 saturated heterocycles. The molecule has 1 amide bonds. The Balaban J connectivity index is 1.89. The number of amides is 1. The Hall–Kier alpha value is -3.12. The number of carbonyl (C=O) groups excluding carboxylic acids is 1. The highest BCUT2D eigenvalue weighted by Crippen LogP contribution is 2.21. The van der Waals surface area contributed by atoms with Crippen LogP contribution in [0.4, 0.5) is 5.69 Å². The zero-order chi connectivity index (χ0) is 19.4. The molecule has 3 aromatic rings. The largest absolute Gasteiger partial charge is 0.497 e. The van der Waals surface area contributed by atoms with Crippen molar-refractivity contribution < 1.29 is 9.53 Å². The number of methoxy groups -OCH3 is 1. The van der Waals surface area contributed by atoms with Gasteiger partial charge < -0.3 is 10.1 Å². The van der Waals surface area contributed by atoms with Crippen LogP contribution < -0.4 is 15.6 Å². The van der Waals surface area contributed by atoms with Crippen LogP contribution in [0.1, 0.15) is 5.69 Å². The maximum absolute atomic E-state index is 12.5. The molecule has 0 bridgehead atoms. The molecule has 7 heteroatoms. The van der Waals surface area contributed by atoms with Crippen LogP contribution in [0, 0.1) is 6.92 Å². The summed E-state index contributed by atoms with van der Waals surface area (Å²) in [6, 6.07) is 15.3. The molecule has 2 aromatic carbocycles. The first-order valence-electron chi connectivity index (χ1n) is 8.24. The van der Waals surface area contributed by atoms with Crippen LogP contribution in [-0.4, -0.2) is 22.6 Å². The van der Waals surface area contributed by atoms with Crippen molar-refractivity contribution in [3.63, 3.8) is 0 Å². The van der Waals surface area contributed by atoms with Gasteiger partial charge in [0.15, 0.2) is 0 Å². The van der Waals surface area contributed by atoms with E-state index < -0.39 is 0 Å². The molecule has 27 heavy (non-hydrogen) atoms. The van der Waals surface area contributed by atoms with E-state index in [1.807, 2.05) is 0 Å². The molecule has 0 aliphatic heterocycles. The van der Waals surface area contributed by atoms with Crippen LogP contribution in [0.5, 0.6) is 5.75 Å². The average Bonchev–Trinajstić information content (AvgIpc) is 2.64. The Labute approximate surface area is 161 Å². The molecule has 0 radical (unpaired) electrons. The van der Waals surface area contributed by atoms with Gasteiger partial charge in [0, 0.05) is 28.0 Å². The standard InChI is InChI=1S/C20H18ClN3O3/c1-13-10-19(26)24(20(22-13)14-4-3-5-15(21)11-14)12-18(25)23-16-6-8-17(27-2)9-7-16/h3-11H,12H2,1-2H3,(H,23,25). The Morgan fingerprint density at radius 1 is 1.19 bits per heavy atom. The van der Waals surface area contributed by atoms with Crippen LogP contribution in [0.25, 0.3) is 11.4 Å². The fraction of sp³-hybridized carbons (Fsp3) is 0.150. The highest BCUT2D eigenvalue weighted by molar-refractivity contribution is 6.30. The lowest BCUT2D eigenvalue weighted by Gasteiger charge is -2.13. The topological polar surface area (TPSA) is 73.2 Å². The predicted octanol–water partition coefficient (Wildman–Crippen LogP) is 3.52. The third kappa shape index (κ3) is 4.54. The Morgan fingerprint density at radius 2 is 1.93 bits per heavy atom. The molecule has 0 unspecified atom stereocenters. The fourth-order valence-electron chi connectivity index (χ4n) is 2.64. The van der Waals surface area contributed by atoms with Crippen LogP contribution >= 0.6 is 11.6 Å². The van der Waals surface area contributed by atoms with Crippen molar-refractivity contribution in [2.24, 2.45) is 0 Å². The van der Waals surface area contributed by atoms with Gasteiger partial charge in [0.25, 0.3) is 5.56 Å². The lowest BCUT2D eigenvalue weighted by molar-refractivity contribution is -0.116. The van der Waals surface area contributed by atoms with Crippen LogP contribution in [0.2, 0.25) is 5.02 Å². The Morgan fingerprint density at radius 3 is 2.59 bits per heavy atom. The summed E-state index contributed by atoms with van der Waals surface area (Å²) < 4.78 is 6.42. The van der Waals surface area contributed by atoms with Gasteiger partial charge in [-0.05, 0) is 43.3 Å². The zero-order valence-electron chi connectivity index (χ0n) is 14.9. The smallest absolute Gasteiger partial charge is 0.254 e. The summed E-state index contributed by atoms with van der Waals surface area (Å²) in [5, 5.41) is 3.29. The summed E-state index contributed by atoms with van der Waals surface area (Å²) in [6.45, 7) is 1.57. The van der Waals surface area contributed by atoms with Gasteiger partial charge in [0.2, 0.25) is 5.91 Å². The van der Waals surface area contributed by atoms with E-state index in [2.05, 4.69) is 10.3 Å². The fourth-order valence-corrected chi connectivity index (χ4v) is 2.83. The van der Waals surface area contributed by atoms with E-state index in [0.29, 0.717) is 33.5 Å². The number of hydrogen-bond donors (Lipinski definition) is 1. The number of rotatable bonds is 5. The summed E-state index contributed by atoms with van der Waals surface area (Å²) >= 11 is 6.06. The van der Waals surface area contributed by atoms with Gasteiger partial charge in [-0.1, -0.05) is 23.7 Å². The van der Waals surface area contributed by atoms with Crippen LogP contribution in [-0.2, 0) is 11.3 Å². The van der Waals surface area contributed by atoms with Gasteiger partial charge in [0.05, 0.1) is 7.11 Å². The number of hydrogen-bond acceptors (Lipinski definition) is 4. The third-order valence-electron chi connectivity index (χ3n) is 3.89. The lowest BCUT2D eigenvalue weighted by atomic mass is 10.2. The van der Waals surface area contributed by atoms with Crippen molar-refractivity contribution in [2.75, 3.05) is 12.4 Å². The summed E-state index contributed by atoms with van der Waals surface area (Å²) in [7, 11) is 1.57. The van der Waals surface area contributed by atoms with Crippen molar-refractivity contribution in [2.45, 2.75) is 13.5 Å². The van der Waals surface area contributed by atoms with Gasteiger partial charge in [-0.15, -0.1) is 0 Å². The van der Waals surface area contributed by atoms with Gasteiger partial charge in [-0.25, -0.2) is 4.98 Å². The minimum absolute atomic E-state index is 0.167. The molecule has 138 valence electrons. The van der Waals surface area contributed by atoms with E-state index in [4.69, 9.17) is 16.3 Å². The van der Waals surface area contributed by atoms with Gasteiger partial charge in [-0.3, -0.25) is 14.2 Å². The van der Waals surface area contributed by atoms with Gasteiger partial charge in [0.1, 0.15) is 18.1 Å². The summed E-state index contributed by atoms with van der Waals surface area (Å²) in [4.78, 5) is 29.4. The molecule has 0 fully saturated rings. The second-order valence-electron chi connectivity index (χ2n) is 5.93. The highest BCUT2D eigenvalue weighted by atomic mass is 35.5. The molecule has 1 N–H and O–H groups in total. The number of aromatic nitrogens is 2. The summed E-state index contributed by atoms with van der Waals surface area (Å²) in [5.41, 5.74) is 1.54. The molecule has 1 aromatic heterocycles. The molecule has 0 saturated carbocycles. The maximum atomic E-state index is 12.5. The van der Waals surface area contributed by atoms with Gasteiger partial charge in [-0.2, -0.15) is 0 Å². The van der Waals surface area contributed by atoms with E-state index in [9.17, 15) is 9.59 Å². The molecular weight excluding hydrogens is 366 g/mol. The number of aryl methyl sites for hydroxylation is 1. The minimum atomic E-state index is -0.337. The van der Waals surface area contributed by atoms with Crippen molar-refractivity contribution in [3.05, 3.63) is 75.7 Å². The second-order valence-corrected chi connectivity index (χ2v) is 6.37. The number of nitrogens with zero attached hydrogens (tertiary/aromatic N) is 2. The quantitative estimate of drug-likeness (QED) is 0.731. The first kappa shape index (κ1) is 18.7. The highest BCUT2D eigenvalue weighted by Gasteiger charge is 2.13. The van der Waals surface area contributed by atoms with Crippen molar-refractivity contribution in [1.82, 2.24) is 9.55 Å². The number of nitrogens with one attached hydrogen (secondary N) is 1. The van der Waals surface area contributed by atoms with E-state index in [-0.39, 0.29) is 18.0 Å². The number of carbonyl (C=O) groups is 1. The van der Waals surface area contributed by atoms with E-state index in [0.717, 1.165) is 0 Å². The lowest BCUT2D eigenvalue weighted by Crippen LogP contribution is -2.29. The number of ether oxygens (including phenoxy) is 1. The molecule has 0 spiro atoms. The monoisotopic (exact) mass is 383 g/mol. The minimum Gasteiger partial charge on any atom is -0.497 e. The molecule has 6 nitrogen and oxygen atoms in total. The Kier molecular flexibility index (Phi) is 5.57. The summed E-state index contributed by atoms with van der Waals surface area (Å²) in [6.07, 6.45) is 0. The predicted molar refractivity (Wildman–Crippen MR) is 105 cm³/mol. The first-order valence-corrected chi connectivity index (χ1v) is 8.62. The molecule has 1 heterocycles. The Bertz CT molecular complexity index is 1030.